The van der Waals surface area contributed by atoms with Gasteiger partial charge in [0.05, 0.1) is 11.1 Å². The molecule has 0 bridgehead atoms. The molecular weight excluding hydrogens is 1290 g/mol. The van der Waals surface area contributed by atoms with E-state index in [1.54, 1.807) is 0 Å². The number of furan rings is 2. The zero-order valence-corrected chi connectivity index (χ0v) is 57.1. The molecule has 0 spiro atoms. The molecule has 20 rings (SSSR count). The minimum Gasteiger partial charge on any atom is -0.455 e. The Morgan fingerprint density at radius 1 is 0.160 bits per heavy atom. The van der Waals surface area contributed by atoms with Gasteiger partial charge in [0.1, 0.15) is 22.3 Å². The first-order valence-corrected chi connectivity index (χ1v) is 35.6. The minimum atomic E-state index is 0.522. The lowest BCUT2D eigenvalue weighted by molar-refractivity contribution is 0.669. The van der Waals surface area contributed by atoms with Crippen molar-refractivity contribution in [1.29, 1.82) is 0 Å². The Kier molecular flexibility index (Phi) is 15.0. The van der Waals surface area contributed by atoms with Crippen LogP contribution in [0.5, 0.6) is 0 Å². The van der Waals surface area contributed by atoms with E-state index in [-0.39, 0.29) is 0 Å². The molecule has 0 amide bonds. The summed E-state index contributed by atoms with van der Waals surface area (Å²) in [5.41, 5.74) is 23.9. The Labute approximate surface area is 610 Å². The van der Waals surface area contributed by atoms with Gasteiger partial charge < -0.3 is 8.83 Å². The Balaban J connectivity index is 0.603. The molecule has 0 N–H and O–H groups in total. The normalized spacial score (nSPS) is 11.6. The largest absolute Gasteiger partial charge is 0.455 e. The SMILES string of the molecule is c1ccc(-c2nc(-c3cccc(-c4ccc(-c5ccc(-c6cccc(-c7ccc8oc9c(-c%10nc(-c%11ccccc%11)nc(-c%11cccc(-c%12ccccc%12-c%12c(-c%13ccccc%13)ccc%13ccccc%12%13)c%11)n%10)cccc9c8c7)c6)cc5)c5ccccc45)c3)nc(-c3cccc4c3oc3ccccc34)n2)cc1. The van der Waals surface area contributed by atoms with E-state index in [1.165, 1.54) is 27.5 Å². The van der Waals surface area contributed by atoms with Gasteiger partial charge in [-0.2, -0.15) is 0 Å². The summed E-state index contributed by atoms with van der Waals surface area (Å²) in [7, 11) is 0. The van der Waals surface area contributed by atoms with Crippen LogP contribution >= 0.6 is 0 Å². The lowest BCUT2D eigenvalue weighted by atomic mass is 9.86. The van der Waals surface area contributed by atoms with E-state index in [9.17, 15) is 0 Å². The summed E-state index contributed by atoms with van der Waals surface area (Å²) >= 11 is 0. The molecule has 0 aliphatic heterocycles. The summed E-state index contributed by atoms with van der Waals surface area (Å²) in [5.74, 6) is 3.36. The molecule has 0 saturated heterocycles. The lowest BCUT2D eigenvalue weighted by Crippen LogP contribution is -2.00. The van der Waals surface area contributed by atoms with Crippen molar-refractivity contribution in [2.24, 2.45) is 0 Å². The van der Waals surface area contributed by atoms with Crippen LogP contribution in [-0.2, 0) is 0 Å². The summed E-state index contributed by atoms with van der Waals surface area (Å²) in [6.07, 6.45) is 0. The van der Waals surface area contributed by atoms with E-state index < -0.39 is 0 Å². The van der Waals surface area contributed by atoms with E-state index in [1.807, 2.05) is 91.0 Å². The van der Waals surface area contributed by atoms with Gasteiger partial charge in [0.2, 0.25) is 0 Å². The second kappa shape index (κ2) is 25.9. The van der Waals surface area contributed by atoms with E-state index in [0.717, 1.165) is 144 Å². The Morgan fingerprint density at radius 3 is 1.13 bits per heavy atom. The molecule has 4 heterocycles. The number of benzene rings is 16. The highest BCUT2D eigenvalue weighted by atomic mass is 16.3. The van der Waals surface area contributed by atoms with Gasteiger partial charge in [0, 0.05) is 43.8 Å². The van der Waals surface area contributed by atoms with Crippen molar-refractivity contribution in [3.05, 3.63) is 364 Å². The number of hydrogen-bond acceptors (Lipinski definition) is 8. The summed E-state index contributed by atoms with van der Waals surface area (Å²) in [6.45, 7) is 0. The predicted octanol–water partition coefficient (Wildman–Crippen LogP) is 25.8. The summed E-state index contributed by atoms with van der Waals surface area (Å²) in [4.78, 5) is 31.2. The van der Waals surface area contributed by atoms with E-state index >= 15 is 0 Å². The average molecular weight is 1350 g/mol. The summed E-state index contributed by atoms with van der Waals surface area (Å²) in [6, 6.07) is 128. The molecule has 20 aromatic rings. The van der Waals surface area contributed by atoms with Crippen molar-refractivity contribution in [2.75, 3.05) is 0 Å². The van der Waals surface area contributed by atoms with Crippen LogP contribution in [0.2, 0.25) is 0 Å². The van der Waals surface area contributed by atoms with Crippen molar-refractivity contribution < 1.29 is 8.83 Å². The number of rotatable bonds is 13. The molecule has 0 radical (unpaired) electrons. The van der Waals surface area contributed by atoms with E-state index in [0.29, 0.717) is 40.5 Å². The highest BCUT2D eigenvalue weighted by Gasteiger charge is 2.23. The van der Waals surface area contributed by atoms with Crippen LogP contribution in [0.15, 0.2) is 373 Å². The van der Waals surface area contributed by atoms with Crippen molar-refractivity contribution >= 4 is 65.4 Å². The smallest absolute Gasteiger partial charge is 0.167 e. The zero-order valence-electron chi connectivity index (χ0n) is 57.1. The number of hydrogen-bond donors (Lipinski definition) is 0. The first kappa shape index (κ1) is 61.5. The maximum atomic E-state index is 6.88. The zero-order chi connectivity index (χ0) is 70.0. The topological polar surface area (TPSA) is 104 Å². The number of para-hydroxylation sites is 3. The van der Waals surface area contributed by atoms with Crippen molar-refractivity contribution in [2.45, 2.75) is 0 Å². The minimum absolute atomic E-state index is 0.522. The predicted molar refractivity (Wildman–Crippen MR) is 433 cm³/mol. The fraction of sp³-hybridized carbons (Fsp3) is 0. The third-order valence-electron chi connectivity index (χ3n) is 20.4. The standard InChI is InChI=1S/C98H60N6O2/c1-4-23-62(24-5-1)78-53-51-63-25-10-11-37-77(63)90(78)82-41-15-12-36-74(82)70-32-19-34-72(58-70)95-99-94(66-28-8-3-9-29-66)102-98(104-95)86-45-22-43-84-87-60-69(52-56-89(87)106-92(84)86)68-31-18-30-67(57-68)61-47-49-64(50-48-61)75-54-55-76(80-39-14-13-38-79(75)80)71-33-20-35-73(59-71)96-100-93(65-26-6-2-7-27-65)101-97(103-96)85-44-21-42-83-81-40-16-17-46-88(81)105-91(83)85/h1-60H. The van der Waals surface area contributed by atoms with E-state index in [4.69, 9.17) is 38.7 Å². The molecule has 0 aliphatic rings. The van der Waals surface area contributed by atoms with Crippen LogP contribution in [0.25, 0.3) is 212 Å². The monoisotopic (exact) mass is 1350 g/mol. The van der Waals surface area contributed by atoms with Gasteiger partial charge in [-0.1, -0.05) is 315 Å². The van der Waals surface area contributed by atoms with Gasteiger partial charge in [0.25, 0.3) is 0 Å². The van der Waals surface area contributed by atoms with Crippen LogP contribution < -0.4 is 0 Å². The van der Waals surface area contributed by atoms with Gasteiger partial charge in [-0.3, -0.25) is 0 Å². The fourth-order valence-corrected chi connectivity index (χ4v) is 15.3. The Bertz CT molecular complexity index is 6830. The molecular formula is C98H60N6O2. The van der Waals surface area contributed by atoms with Crippen molar-refractivity contribution in [3.63, 3.8) is 0 Å². The summed E-state index contributed by atoms with van der Waals surface area (Å²) in [5, 5.41) is 8.74. The number of aromatic nitrogens is 6. The third-order valence-corrected chi connectivity index (χ3v) is 20.4. The molecule has 4 aromatic heterocycles. The van der Waals surface area contributed by atoms with Crippen LogP contribution in [0.4, 0.5) is 0 Å². The molecule has 0 unspecified atom stereocenters. The van der Waals surface area contributed by atoms with Crippen molar-refractivity contribution in [3.8, 4) is 146 Å². The molecule has 494 valence electrons. The van der Waals surface area contributed by atoms with Crippen LogP contribution in [0.3, 0.4) is 0 Å². The highest BCUT2D eigenvalue weighted by Crippen LogP contribution is 2.46. The number of fused-ring (bicyclic) bond motifs is 8. The van der Waals surface area contributed by atoms with Gasteiger partial charge >= 0.3 is 0 Å². The molecule has 8 nitrogen and oxygen atoms in total. The third kappa shape index (κ3) is 11.0. The molecule has 8 heteroatoms. The highest BCUT2D eigenvalue weighted by molar-refractivity contribution is 6.12. The second-order valence-electron chi connectivity index (χ2n) is 26.8. The molecule has 106 heavy (non-hydrogen) atoms. The maximum Gasteiger partial charge on any atom is 0.167 e. The second-order valence-corrected chi connectivity index (χ2v) is 26.8. The van der Waals surface area contributed by atoms with Gasteiger partial charge in [0.15, 0.2) is 34.9 Å². The van der Waals surface area contributed by atoms with Crippen LogP contribution in [0.1, 0.15) is 0 Å². The molecule has 0 aliphatic carbocycles. The molecule has 0 atom stereocenters. The quantitative estimate of drug-likeness (QED) is 0.112. The van der Waals surface area contributed by atoms with Gasteiger partial charge in [-0.05, 0) is 148 Å². The Hall–Kier alpha value is -14.3. The van der Waals surface area contributed by atoms with Gasteiger partial charge in [-0.15, -0.1) is 0 Å². The van der Waals surface area contributed by atoms with E-state index in [2.05, 4.69) is 273 Å². The average Bonchev–Trinajstić information content (AvgIpc) is 1.35. The maximum absolute atomic E-state index is 6.88. The van der Waals surface area contributed by atoms with Gasteiger partial charge in [-0.25, -0.2) is 29.9 Å². The number of nitrogens with zero attached hydrogens (tertiary/aromatic N) is 6. The van der Waals surface area contributed by atoms with Crippen LogP contribution in [0, 0.1) is 0 Å². The van der Waals surface area contributed by atoms with Crippen LogP contribution in [-0.4, -0.2) is 29.9 Å². The summed E-state index contributed by atoms with van der Waals surface area (Å²) < 4.78 is 13.4. The molecule has 0 fully saturated rings. The molecule has 16 aromatic carbocycles. The fourth-order valence-electron chi connectivity index (χ4n) is 15.3. The Morgan fingerprint density at radius 2 is 0.519 bits per heavy atom. The lowest BCUT2D eigenvalue weighted by Gasteiger charge is -2.18. The molecule has 0 saturated carbocycles. The first-order valence-electron chi connectivity index (χ1n) is 35.6. The van der Waals surface area contributed by atoms with Crippen molar-refractivity contribution in [1.82, 2.24) is 29.9 Å². The first-order chi connectivity index (χ1) is 52.5.